The minimum Gasteiger partial charge on any atom is -0.493 e. The van der Waals surface area contributed by atoms with Crippen LogP contribution in [0.15, 0.2) is 24.3 Å². The van der Waals surface area contributed by atoms with Gasteiger partial charge in [0.15, 0.2) is 0 Å². The van der Waals surface area contributed by atoms with Gasteiger partial charge in [0.2, 0.25) is 5.91 Å². The molecule has 1 N–H and O–H groups in total. The van der Waals surface area contributed by atoms with Gasteiger partial charge in [-0.05, 0) is 25.0 Å². The van der Waals surface area contributed by atoms with E-state index in [-0.39, 0.29) is 5.91 Å². The number of hydrogen-bond acceptors (Lipinski definition) is 3. The summed E-state index contributed by atoms with van der Waals surface area (Å²) < 4.78 is 5.60. The molecule has 0 aromatic heterocycles. The summed E-state index contributed by atoms with van der Waals surface area (Å²) in [5, 5.41) is 2.77. The molecule has 0 unspecified atom stereocenters. The second-order valence-corrected chi connectivity index (χ2v) is 4.24. The summed E-state index contributed by atoms with van der Waals surface area (Å²) in [6, 6.07) is 7.87. The zero-order valence-electron chi connectivity index (χ0n) is 10.1. The van der Waals surface area contributed by atoms with Gasteiger partial charge in [0, 0.05) is 18.7 Å². The number of aryl methyl sites for hydroxylation is 1. The zero-order valence-corrected chi connectivity index (χ0v) is 11.0. The molecule has 0 aliphatic heterocycles. The minimum atomic E-state index is 0.0624. The molecule has 4 heteroatoms. The molecule has 17 heavy (non-hydrogen) atoms. The van der Waals surface area contributed by atoms with Crippen LogP contribution in [-0.2, 0) is 4.79 Å². The molecule has 0 spiro atoms. The molecule has 1 aromatic carbocycles. The first-order valence-electron chi connectivity index (χ1n) is 5.80. The summed E-state index contributed by atoms with van der Waals surface area (Å²) in [6.07, 6.45) is 1.23. The van der Waals surface area contributed by atoms with E-state index >= 15 is 0 Å². The standard InChI is InChI=1S/C13H19NO2S/c1-11-5-2-3-6-12(11)16-9-4-7-13(15)14-8-10-17/h2-3,5-6,17H,4,7-10H2,1H3,(H,14,15). The maximum Gasteiger partial charge on any atom is 0.220 e. The van der Waals surface area contributed by atoms with Crippen molar-refractivity contribution >= 4 is 18.5 Å². The number of rotatable bonds is 7. The summed E-state index contributed by atoms with van der Waals surface area (Å²) in [4.78, 5) is 11.3. The monoisotopic (exact) mass is 253 g/mol. The summed E-state index contributed by atoms with van der Waals surface area (Å²) in [6.45, 7) is 3.20. The molecule has 0 fully saturated rings. The second-order valence-electron chi connectivity index (χ2n) is 3.79. The number of carbonyl (C=O) groups excluding carboxylic acids is 1. The third-order valence-electron chi connectivity index (χ3n) is 2.33. The lowest BCUT2D eigenvalue weighted by atomic mass is 10.2. The van der Waals surface area contributed by atoms with Gasteiger partial charge in [-0.25, -0.2) is 0 Å². The fourth-order valence-electron chi connectivity index (χ4n) is 1.42. The first-order chi connectivity index (χ1) is 8.24. The Labute approximate surface area is 108 Å². The molecule has 1 amide bonds. The Bertz CT molecular complexity index is 355. The Morgan fingerprint density at radius 1 is 1.41 bits per heavy atom. The van der Waals surface area contributed by atoms with E-state index < -0.39 is 0 Å². The van der Waals surface area contributed by atoms with E-state index in [1.807, 2.05) is 31.2 Å². The fraction of sp³-hybridized carbons (Fsp3) is 0.462. The number of thiol groups is 1. The van der Waals surface area contributed by atoms with Crippen LogP contribution in [0.2, 0.25) is 0 Å². The van der Waals surface area contributed by atoms with Crippen molar-refractivity contribution in [2.45, 2.75) is 19.8 Å². The lowest BCUT2D eigenvalue weighted by Crippen LogP contribution is -2.25. The van der Waals surface area contributed by atoms with Crippen LogP contribution in [0.4, 0.5) is 0 Å². The largest absolute Gasteiger partial charge is 0.493 e. The topological polar surface area (TPSA) is 38.3 Å². The smallest absolute Gasteiger partial charge is 0.220 e. The second kappa shape index (κ2) is 8.01. The van der Waals surface area contributed by atoms with E-state index in [4.69, 9.17) is 4.74 Å². The molecule has 0 saturated heterocycles. The highest BCUT2D eigenvalue weighted by Gasteiger charge is 2.01. The van der Waals surface area contributed by atoms with Crippen LogP contribution in [-0.4, -0.2) is 24.8 Å². The average molecular weight is 253 g/mol. The maximum absolute atomic E-state index is 11.3. The number of hydrogen-bond donors (Lipinski definition) is 2. The van der Waals surface area contributed by atoms with Gasteiger partial charge in [-0.2, -0.15) is 12.6 Å². The quantitative estimate of drug-likeness (QED) is 0.577. The maximum atomic E-state index is 11.3. The van der Waals surface area contributed by atoms with E-state index in [0.29, 0.717) is 25.3 Å². The summed E-state index contributed by atoms with van der Waals surface area (Å²) in [7, 11) is 0. The van der Waals surface area contributed by atoms with Crippen LogP contribution in [0.1, 0.15) is 18.4 Å². The zero-order chi connectivity index (χ0) is 12.5. The van der Waals surface area contributed by atoms with Crippen LogP contribution < -0.4 is 10.1 Å². The van der Waals surface area contributed by atoms with Gasteiger partial charge in [0.25, 0.3) is 0 Å². The molecule has 0 radical (unpaired) electrons. The number of amides is 1. The molecule has 0 aliphatic carbocycles. The number of benzene rings is 1. The Morgan fingerprint density at radius 2 is 2.18 bits per heavy atom. The molecule has 0 bridgehead atoms. The van der Waals surface area contributed by atoms with Crippen LogP contribution in [0.3, 0.4) is 0 Å². The lowest BCUT2D eigenvalue weighted by molar-refractivity contribution is -0.121. The Balaban J connectivity index is 2.16. The van der Waals surface area contributed by atoms with Gasteiger partial charge in [0.1, 0.15) is 5.75 Å². The average Bonchev–Trinajstić information content (AvgIpc) is 2.34. The fourth-order valence-corrected chi connectivity index (χ4v) is 1.53. The molecule has 0 heterocycles. The van der Waals surface area contributed by atoms with Gasteiger partial charge in [-0.1, -0.05) is 18.2 Å². The predicted octanol–water partition coefficient (Wildman–Crippen LogP) is 2.20. The Kier molecular flexibility index (Phi) is 6.55. The van der Waals surface area contributed by atoms with Crippen LogP contribution in [0, 0.1) is 6.92 Å². The van der Waals surface area contributed by atoms with E-state index in [0.717, 1.165) is 17.7 Å². The molecular weight excluding hydrogens is 234 g/mol. The van der Waals surface area contributed by atoms with Crippen LogP contribution in [0.5, 0.6) is 5.75 Å². The SMILES string of the molecule is Cc1ccccc1OCCCC(=O)NCCS. The number of para-hydroxylation sites is 1. The van der Waals surface area contributed by atoms with Gasteiger partial charge in [-0.15, -0.1) is 0 Å². The van der Waals surface area contributed by atoms with Gasteiger partial charge in [-0.3, -0.25) is 4.79 Å². The Hall–Kier alpha value is -1.16. The molecule has 3 nitrogen and oxygen atoms in total. The third-order valence-corrected chi connectivity index (χ3v) is 2.56. The highest BCUT2D eigenvalue weighted by Crippen LogP contribution is 2.16. The first kappa shape index (κ1) is 13.9. The molecule has 0 saturated carbocycles. The Morgan fingerprint density at radius 3 is 2.88 bits per heavy atom. The van der Waals surface area contributed by atoms with Crippen molar-refractivity contribution < 1.29 is 9.53 Å². The number of carbonyl (C=O) groups is 1. The number of nitrogens with one attached hydrogen (secondary N) is 1. The first-order valence-corrected chi connectivity index (χ1v) is 6.43. The van der Waals surface area contributed by atoms with Crippen molar-refractivity contribution in [1.82, 2.24) is 5.32 Å². The van der Waals surface area contributed by atoms with Crippen molar-refractivity contribution in [3.8, 4) is 5.75 Å². The van der Waals surface area contributed by atoms with Gasteiger partial charge in [0.05, 0.1) is 6.61 Å². The van der Waals surface area contributed by atoms with Crippen molar-refractivity contribution in [2.24, 2.45) is 0 Å². The van der Waals surface area contributed by atoms with Crippen LogP contribution >= 0.6 is 12.6 Å². The third kappa shape index (κ3) is 5.63. The van der Waals surface area contributed by atoms with Crippen molar-refractivity contribution in [3.63, 3.8) is 0 Å². The van der Waals surface area contributed by atoms with E-state index in [2.05, 4.69) is 17.9 Å². The van der Waals surface area contributed by atoms with E-state index in [1.54, 1.807) is 0 Å². The normalized spacial score (nSPS) is 10.0. The summed E-state index contributed by atoms with van der Waals surface area (Å²) in [5.41, 5.74) is 1.12. The minimum absolute atomic E-state index is 0.0624. The van der Waals surface area contributed by atoms with Crippen molar-refractivity contribution in [2.75, 3.05) is 18.9 Å². The van der Waals surface area contributed by atoms with Gasteiger partial charge >= 0.3 is 0 Å². The van der Waals surface area contributed by atoms with E-state index in [9.17, 15) is 4.79 Å². The van der Waals surface area contributed by atoms with Crippen molar-refractivity contribution in [3.05, 3.63) is 29.8 Å². The predicted molar refractivity (Wildman–Crippen MR) is 72.8 cm³/mol. The number of ether oxygens (including phenoxy) is 1. The lowest BCUT2D eigenvalue weighted by Gasteiger charge is -2.08. The molecule has 94 valence electrons. The molecular formula is C13H19NO2S. The summed E-state index contributed by atoms with van der Waals surface area (Å²) >= 11 is 4.02. The van der Waals surface area contributed by atoms with Gasteiger partial charge < -0.3 is 10.1 Å². The molecule has 0 aliphatic rings. The van der Waals surface area contributed by atoms with E-state index in [1.165, 1.54) is 0 Å². The highest BCUT2D eigenvalue weighted by molar-refractivity contribution is 7.80. The van der Waals surface area contributed by atoms with Crippen LogP contribution in [0.25, 0.3) is 0 Å². The molecule has 0 atom stereocenters. The summed E-state index contributed by atoms with van der Waals surface area (Å²) in [5.74, 6) is 1.63. The molecule has 1 rings (SSSR count). The molecule has 1 aromatic rings. The highest BCUT2D eigenvalue weighted by atomic mass is 32.1. The van der Waals surface area contributed by atoms with Crippen molar-refractivity contribution in [1.29, 1.82) is 0 Å².